The Morgan fingerprint density at radius 3 is 2.34 bits per heavy atom. The van der Waals surface area contributed by atoms with Crippen molar-refractivity contribution in [1.82, 2.24) is 10.2 Å². The molecule has 8 heteroatoms. The quantitative estimate of drug-likeness (QED) is 0.320. The van der Waals surface area contributed by atoms with E-state index >= 15 is 0 Å². The monoisotopic (exact) mass is 532 g/mol. The van der Waals surface area contributed by atoms with Gasteiger partial charge in [0.15, 0.2) is 6.61 Å². The number of halogens is 3. The smallest absolute Gasteiger partial charge is 0.261 e. The first kappa shape index (κ1) is 26.9. The summed E-state index contributed by atoms with van der Waals surface area (Å²) in [5.74, 6) is -0.225. The molecule has 3 aromatic rings. The number of ether oxygens (including phenoxy) is 1. The number of hydrogen-bond acceptors (Lipinski definition) is 3. The van der Waals surface area contributed by atoms with E-state index in [4.69, 9.17) is 39.5 Å². The number of para-hydroxylation sites is 1. The Labute approximate surface area is 220 Å². The second-order valence-electron chi connectivity index (χ2n) is 7.97. The highest BCUT2D eigenvalue weighted by Gasteiger charge is 2.31. The van der Waals surface area contributed by atoms with Crippen molar-refractivity contribution in [2.45, 2.75) is 32.4 Å². The van der Waals surface area contributed by atoms with Crippen molar-refractivity contribution in [2.24, 2.45) is 0 Å². The van der Waals surface area contributed by atoms with Gasteiger partial charge in [-0.1, -0.05) is 90.3 Å². The van der Waals surface area contributed by atoms with Crippen LogP contribution < -0.4 is 10.1 Å². The lowest BCUT2D eigenvalue weighted by Crippen LogP contribution is -2.51. The molecule has 0 saturated carbocycles. The van der Waals surface area contributed by atoms with E-state index < -0.39 is 6.04 Å². The van der Waals surface area contributed by atoms with Crippen molar-refractivity contribution < 1.29 is 14.3 Å². The predicted molar refractivity (Wildman–Crippen MR) is 141 cm³/mol. The second-order valence-corrected chi connectivity index (χ2v) is 9.22. The maximum Gasteiger partial charge on any atom is 0.261 e. The van der Waals surface area contributed by atoms with Crippen molar-refractivity contribution in [1.29, 1.82) is 0 Å². The third-order valence-corrected chi connectivity index (χ3v) is 6.26. The number of benzene rings is 3. The van der Waals surface area contributed by atoms with E-state index in [1.165, 1.54) is 4.90 Å². The highest BCUT2D eigenvalue weighted by Crippen LogP contribution is 2.26. The molecule has 0 aliphatic heterocycles. The Morgan fingerprint density at radius 1 is 0.943 bits per heavy atom. The number of rotatable bonds is 11. The molecule has 0 unspecified atom stereocenters. The third kappa shape index (κ3) is 7.89. The van der Waals surface area contributed by atoms with Crippen molar-refractivity contribution in [3.05, 3.63) is 99.0 Å². The predicted octanol–water partition coefficient (Wildman–Crippen LogP) is 6.19. The van der Waals surface area contributed by atoms with Gasteiger partial charge in [0.25, 0.3) is 5.91 Å². The summed E-state index contributed by atoms with van der Waals surface area (Å²) in [5.41, 5.74) is 1.60. The summed E-state index contributed by atoms with van der Waals surface area (Å²) in [7, 11) is 0. The molecule has 0 saturated heterocycles. The van der Waals surface area contributed by atoms with E-state index in [1.807, 2.05) is 37.3 Å². The Kier molecular flexibility index (Phi) is 10.3. The summed E-state index contributed by atoms with van der Waals surface area (Å²) in [5, 5.41) is 4.23. The van der Waals surface area contributed by atoms with Gasteiger partial charge in [-0.2, -0.15) is 0 Å². The highest BCUT2D eigenvalue weighted by molar-refractivity contribution is 6.35. The van der Waals surface area contributed by atoms with Gasteiger partial charge in [-0.25, -0.2) is 0 Å². The molecule has 0 spiro atoms. The van der Waals surface area contributed by atoms with Gasteiger partial charge in [0, 0.05) is 29.6 Å². The molecule has 184 valence electrons. The lowest BCUT2D eigenvalue weighted by atomic mass is 10.0. The first-order valence-electron chi connectivity index (χ1n) is 11.3. The van der Waals surface area contributed by atoms with Crippen molar-refractivity contribution in [3.63, 3.8) is 0 Å². The molecule has 0 heterocycles. The molecule has 1 atom stereocenters. The van der Waals surface area contributed by atoms with Crippen LogP contribution in [0, 0.1) is 0 Å². The largest absolute Gasteiger partial charge is 0.482 e. The summed E-state index contributed by atoms with van der Waals surface area (Å²) in [6.07, 6.45) is 1.11. The summed E-state index contributed by atoms with van der Waals surface area (Å²) in [4.78, 5) is 28.3. The average Bonchev–Trinajstić information content (AvgIpc) is 2.85. The Bertz CT molecular complexity index is 1140. The van der Waals surface area contributed by atoms with Crippen LogP contribution in [0.1, 0.15) is 24.5 Å². The van der Waals surface area contributed by atoms with Crippen molar-refractivity contribution in [2.75, 3.05) is 13.2 Å². The topological polar surface area (TPSA) is 58.6 Å². The van der Waals surface area contributed by atoms with Crippen molar-refractivity contribution in [3.8, 4) is 5.75 Å². The van der Waals surface area contributed by atoms with Crippen LogP contribution in [0.15, 0.2) is 72.8 Å². The zero-order chi connectivity index (χ0) is 25.2. The maximum absolute atomic E-state index is 13.5. The molecule has 0 fully saturated rings. The molecule has 3 aromatic carbocycles. The van der Waals surface area contributed by atoms with E-state index in [0.717, 1.165) is 12.0 Å². The van der Waals surface area contributed by atoms with E-state index in [9.17, 15) is 9.59 Å². The SMILES string of the molecule is CCCNC(=O)[C@@H](Cc1ccccc1)N(Cc1ccc(Cl)cc1Cl)C(=O)COc1ccccc1Cl. The fraction of sp³-hybridized carbons (Fsp3) is 0.259. The van der Waals surface area contributed by atoms with Gasteiger partial charge >= 0.3 is 0 Å². The van der Waals surface area contributed by atoms with Crippen LogP contribution in [-0.4, -0.2) is 35.9 Å². The van der Waals surface area contributed by atoms with E-state index in [0.29, 0.717) is 39.3 Å². The summed E-state index contributed by atoms with van der Waals surface area (Å²) in [6, 6.07) is 20.8. The first-order valence-corrected chi connectivity index (χ1v) is 12.4. The van der Waals surface area contributed by atoms with Gasteiger partial charge < -0.3 is 15.0 Å². The van der Waals surface area contributed by atoms with Crippen LogP contribution in [0.3, 0.4) is 0 Å². The average molecular weight is 534 g/mol. The number of hydrogen-bond donors (Lipinski definition) is 1. The second kappa shape index (κ2) is 13.4. The Morgan fingerprint density at radius 2 is 1.66 bits per heavy atom. The van der Waals surface area contributed by atoms with Gasteiger partial charge in [-0.3, -0.25) is 9.59 Å². The minimum Gasteiger partial charge on any atom is -0.482 e. The van der Waals surface area contributed by atoms with Crippen molar-refractivity contribution >= 4 is 46.6 Å². The zero-order valence-electron chi connectivity index (χ0n) is 19.3. The number of amides is 2. The summed E-state index contributed by atoms with van der Waals surface area (Å²) >= 11 is 18.7. The number of nitrogens with zero attached hydrogens (tertiary/aromatic N) is 1. The minimum atomic E-state index is -0.780. The lowest BCUT2D eigenvalue weighted by Gasteiger charge is -2.31. The number of carbonyl (C=O) groups excluding carboxylic acids is 2. The van der Waals surface area contributed by atoms with Crippen LogP contribution in [0.5, 0.6) is 5.75 Å². The number of nitrogens with one attached hydrogen (secondary N) is 1. The van der Waals surface area contributed by atoms with Crippen LogP contribution in [0.25, 0.3) is 0 Å². The minimum absolute atomic E-state index is 0.109. The van der Waals surface area contributed by atoms with Gasteiger partial charge in [0.05, 0.1) is 5.02 Å². The molecule has 0 aromatic heterocycles. The Hall–Kier alpha value is -2.73. The molecule has 0 bridgehead atoms. The van der Waals surface area contributed by atoms with Gasteiger partial charge in [-0.05, 0) is 41.8 Å². The molecule has 35 heavy (non-hydrogen) atoms. The third-order valence-electron chi connectivity index (χ3n) is 5.36. The van der Waals surface area contributed by atoms with E-state index in [1.54, 1.807) is 42.5 Å². The van der Waals surface area contributed by atoms with Crippen LogP contribution in [0.4, 0.5) is 0 Å². The molecule has 0 radical (unpaired) electrons. The van der Waals surface area contributed by atoms with E-state index in [2.05, 4.69) is 5.32 Å². The standard InChI is InChI=1S/C27H27Cl3N2O3/c1-2-14-31-27(34)24(15-19-8-4-3-5-9-19)32(17-20-12-13-21(28)16-23(20)30)26(33)18-35-25-11-7-6-10-22(25)29/h3-13,16,24H,2,14-15,17-18H2,1H3,(H,31,34)/t24-/m1/s1. The van der Waals surface area contributed by atoms with E-state index in [-0.39, 0.29) is 25.0 Å². The fourth-order valence-electron chi connectivity index (χ4n) is 3.54. The van der Waals surface area contributed by atoms with Crippen LogP contribution >= 0.6 is 34.8 Å². The molecular weight excluding hydrogens is 507 g/mol. The lowest BCUT2D eigenvalue weighted by molar-refractivity contribution is -0.142. The zero-order valence-corrected chi connectivity index (χ0v) is 21.6. The van der Waals surface area contributed by atoms with Gasteiger partial charge in [0.2, 0.25) is 5.91 Å². The normalized spacial score (nSPS) is 11.5. The molecule has 5 nitrogen and oxygen atoms in total. The molecule has 0 aliphatic rings. The van der Waals surface area contributed by atoms with Gasteiger partial charge in [-0.15, -0.1) is 0 Å². The van der Waals surface area contributed by atoms with Crippen LogP contribution in [0.2, 0.25) is 15.1 Å². The molecular formula is C27H27Cl3N2O3. The molecule has 0 aliphatic carbocycles. The Balaban J connectivity index is 1.93. The maximum atomic E-state index is 13.5. The molecule has 2 amide bonds. The fourth-order valence-corrected chi connectivity index (χ4v) is 4.20. The first-order chi connectivity index (χ1) is 16.9. The molecule has 1 N–H and O–H groups in total. The van der Waals surface area contributed by atoms with Gasteiger partial charge in [0.1, 0.15) is 11.8 Å². The highest BCUT2D eigenvalue weighted by atomic mass is 35.5. The molecule has 3 rings (SSSR count). The summed E-state index contributed by atoms with van der Waals surface area (Å²) in [6.45, 7) is 2.29. The van der Waals surface area contributed by atoms with Crippen LogP contribution in [-0.2, 0) is 22.6 Å². The summed E-state index contributed by atoms with van der Waals surface area (Å²) < 4.78 is 5.72. The number of carbonyl (C=O) groups is 2.